The summed E-state index contributed by atoms with van der Waals surface area (Å²) < 4.78 is 10.6. The molecule has 0 spiro atoms. The molecule has 1 aliphatic heterocycles. The summed E-state index contributed by atoms with van der Waals surface area (Å²) in [5, 5.41) is 34.5. The van der Waals surface area contributed by atoms with Crippen LogP contribution in [0.25, 0.3) is 0 Å². The number of nitrogens with one attached hydrogen (secondary N) is 2. The minimum atomic E-state index is -1.19. The lowest BCUT2D eigenvalue weighted by Crippen LogP contribution is -2.63. The van der Waals surface area contributed by atoms with Crippen LogP contribution in [0.5, 0.6) is 0 Å². The van der Waals surface area contributed by atoms with E-state index in [9.17, 15) is 15.0 Å². The second-order valence-electron chi connectivity index (χ2n) is 5.04. The van der Waals surface area contributed by atoms with E-state index in [1.807, 2.05) is 0 Å². The van der Waals surface area contributed by atoms with Gasteiger partial charge in [0.2, 0.25) is 5.91 Å². The van der Waals surface area contributed by atoms with Crippen molar-refractivity contribution >= 4 is 5.91 Å². The van der Waals surface area contributed by atoms with E-state index < -0.39 is 30.6 Å². The molecule has 0 aliphatic carbocycles. The van der Waals surface area contributed by atoms with Gasteiger partial charge in [0.1, 0.15) is 30.6 Å². The van der Waals surface area contributed by atoms with Gasteiger partial charge in [0.05, 0.1) is 6.61 Å². The quantitative estimate of drug-likeness (QED) is 0.327. The lowest BCUT2D eigenvalue weighted by molar-refractivity contribution is -0.242. The molecule has 1 amide bonds. The molecule has 0 saturated carbocycles. The summed E-state index contributed by atoms with van der Waals surface area (Å²) in [5.41, 5.74) is 0. The number of carbonyl (C=O) groups is 1. The monoisotopic (exact) mass is 306 g/mol. The van der Waals surface area contributed by atoms with Crippen LogP contribution < -0.4 is 10.6 Å². The van der Waals surface area contributed by atoms with Crippen molar-refractivity contribution in [3.63, 3.8) is 0 Å². The maximum atomic E-state index is 11.1. The van der Waals surface area contributed by atoms with Gasteiger partial charge in [0.25, 0.3) is 0 Å². The highest BCUT2D eigenvalue weighted by atomic mass is 16.6. The van der Waals surface area contributed by atoms with Crippen LogP contribution in [0.2, 0.25) is 0 Å². The molecule has 0 bridgehead atoms. The molecule has 21 heavy (non-hydrogen) atoms. The molecule has 1 fully saturated rings. The van der Waals surface area contributed by atoms with Crippen LogP contribution in [-0.4, -0.2) is 79.2 Å². The zero-order valence-electron chi connectivity index (χ0n) is 12.5. The van der Waals surface area contributed by atoms with E-state index >= 15 is 0 Å². The zero-order chi connectivity index (χ0) is 15.8. The van der Waals surface area contributed by atoms with E-state index in [0.29, 0.717) is 13.0 Å². The van der Waals surface area contributed by atoms with Gasteiger partial charge in [0, 0.05) is 20.6 Å². The standard InChI is InChI=1S/C13H26N2O6/c1-14-9(17)5-3-4-6-15-13-12(20-2)11(19)10(18)8(7-16)21-13/h8,10-13,15-16,18-19H,3-7H2,1-2H3,(H,14,17). The molecule has 124 valence electrons. The highest BCUT2D eigenvalue weighted by molar-refractivity contribution is 5.75. The topological polar surface area (TPSA) is 120 Å². The Balaban J connectivity index is 2.39. The third kappa shape index (κ3) is 5.17. The third-order valence-corrected chi connectivity index (χ3v) is 3.59. The molecule has 5 N–H and O–H groups in total. The van der Waals surface area contributed by atoms with Gasteiger partial charge in [0.15, 0.2) is 0 Å². The molecular weight excluding hydrogens is 280 g/mol. The highest BCUT2D eigenvalue weighted by Crippen LogP contribution is 2.21. The SMILES string of the molecule is CNC(=O)CCCCNC1OC(CO)C(O)C(O)C1OC. The smallest absolute Gasteiger partial charge is 0.219 e. The summed E-state index contributed by atoms with van der Waals surface area (Å²) in [5.74, 6) is -0.00225. The van der Waals surface area contributed by atoms with Crippen LogP contribution >= 0.6 is 0 Å². The number of methoxy groups -OCH3 is 1. The summed E-state index contributed by atoms with van der Waals surface area (Å²) in [6.07, 6.45) is -2.58. The van der Waals surface area contributed by atoms with Crippen LogP contribution in [-0.2, 0) is 14.3 Å². The molecule has 5 atom stereocenters. The number of hydrogen-bond acceptors (Lipinski definition) is 7. The van der Waals surface area contributed by atoms with Gasteiger partial charge >= 0.3 is 0 Å². The second kappa shape index (κ2) is 9.29. The first kappa shape index (κ1) is 18.3. The van der Waals surface area contributed by atoms with Crippen molar-refractivity contribution < 1.29 is 29.6 Å². The first-order valence-corrected chi connectivity index (χ1v) is 7.14. The fourth-order valence-electron chi connectivity index (χ4n) is 2.30. The number of amides is 1. The number of rotatable bonds is 8. The van der Waals surface area contributed by atoms with Gasteiger partial charge in [-0.2, -0.15) is 0 Å². The molecule has 1 aliphatic rings. The Morgan fingerprint density at radius 3 is 2.57 bits per heavy atom. The van der Waals surface area contributed by atoms with E-state index in [1.165, 1.54) is 7.11 Å². The lowest BCUT2D eigenvalue weighted by atomic mass is 9.98. The molecule has 0 radical (unpaired) electrons. The largest absolute Gasteiger partial charge is 0.394 e. The normalized spacial score (nSPS) is 32.9. The van der Waals surface area contributed by atoms with E-state index in [4.69, 9.17) is 14.6 Å². The molecule has 1 saturated heterocycles. The van der Waals surface area contributed by atoms with Gasteiger partial charge < -0.3 is 30.1 Å². The predicted molar refractivity (Wildman–Crippen MR) is 74.5 cm³/mol. The Morgan fingerprint density at radius 1 is 1.29 bits per heavy atom. The fraction of sp³-hybridized carbons (Fsp3) is 0.923. The number of aliphatic hydroxyl groups excluding tert-OH is 3. The molecule has 1 rings (SSSR count). The van der Waals surface area contributed by atoms with Crippen molar-refractivity contribution in [2.24, 2.45) is 0 Å². The highest BCUT2D eigenvalue weighted by Gasteiger charge is 2.44. The first-order chi connectivity index (χ1) is 10.0. The van der Waals surface area contributed by atoms with Crippen LogP contribution in [0.1, 0.15) is 19.3 Å². The molecule has 0 aromatic heterocycles. The second-order valence-corrected chi connectivity index (χ2v) is 5.04. The summed E-state index contributed by atoms with van der Waals surface area (Å²) in [7, 11) is 3.02. The van der Waals surface area contributed by atoms with Crippen molar-refractivity contribution in [2.45, 2.75) is 49.9 Å². The zero-order valence-corrected chi connectivity index (χ0v) is 12.5. The van der Waals surface area contributed by atoms with Crippen molar-refractivity contribution in [1.82, 2.24) is 10.6 Å². The van der Waals surface area contributed by atoms with Crippen molar-refractivity contribution in [3.8, 4) is 0 Å². The average Bonchev–Trinajstić information content (AvgIpc) is 2.49. The van der Waals surface area contributed by atoms with Gasteiger partial charge in [-0.15, -0.1) is 0 Å². The number of hydrogen-bond donors (Lipinski definition) is 5. The summed E-state index contributed by atoms with van der Waals surface area (Å²) in [4.78, 5) is 11.1. The molecule has 1 heterocycles. The summed E-state index contributed by atoms with van der Waals surface area (Å²) in [6.45, 7) is 0.187. The molecule has 8 heteroatoms. The molecule has 5 unspecified atom stereocenters. The van der Waals surface area contributed by atoms with Crippen LogP contribution in [0, 0.1) is 0 Å². The minimum absolute atomic E-state index is 0.00225. The van der Waals surface area contributed by atoms with Crippen molar-refractivity contribution in [1.29, 1.82) is 0 Å². The Kier molecular flexibility index (Phi) is 8.09. The van der Waals surface area contributed by atoms with Gasteiger partial charge in [-0.05, 0) is 19.4 Å². The van der Waals surface area contributed by atoms with E-state index in [0.717, 1.165) is 12.8 Å². The maximum Gasteiger partial charge on any atom is 0.219 e. The minimum Gasteiger partial charge on any atom is -0.394 e. The van der Waals surface area contributed by atoms with Gasteiger partial charge in [-0.1, -0.05) is 0 Å². The van der Waals surface area contributed by atoms with Crippen LogP contribution in [0.15, 0.2) is 0 Å². The number of ether oxygens (including phenoxy) is 2. The van der Waals surface area contributed by atoms with Crippen molar-refractivity contribution in [2.75, 3.05) is 27.3 Å². The van der Waals surface area contributed by atoms with Gasteiger partial charge in [-0.3, -0.25) is 10.1 Å². The van der Waals surface area contributed by atoms with E-state index in [1.54, 1.807) is 7.05 Å². The third-order valence-electron chi connectivity index (χ3n) is 3.59. The molecule has 8 nitrogen and oxygen atoms in total. The fourth-order valence-corrected chi connectivity index (χ4v) is 2.30. The number of unbranched alkanes of at least 4 members (excludes halogenated alkanes) is 1. The molecule has 0 aromatic rings. The lowest BCUT2D eigenvalue weighted by Gasteiger charge is -2.41. The van der Waals surface area contributed by atoms with E-state index in [2.05, 4.69) is 10.6 Å². The average molecular weight is 306 g/mol. The molecule has 0 aromatic carbocycles. The number of carbonyl (C=O) groups excluding carboxylic acids is 1. The van der Waals surface area contributed by atoms with Crippen LogP contribution in [0.4, 0.5) is 0 Å². The first-order valence-electron chi connectivity index (χ1n) is 7.14. The van der Waals surface area contributed by atoms with Crippen LogP contribution in [0.3, 0.4) is 0 Å². The number of aliphatic hydroxyl groups is 3. The Bertz CT molecular complexity index is 317. The Hall–Kier alpha value is -0.770. The summed E-state index contributed by atoms with van der Waals surface area (Å²) >= 11 is 0. The maximum absolute atomic E-state index is 11.1. The van der Waals surface area contributed by atoms with Gasteiger partial charge in [-0.25, -0.2) is 0 Å². The molecular formula is C13H26N2O6. The predicted octanol–water partition coefficient (Wildman–Crippen LogP) is -2.05. The Labute approximate surface area is 124 Å². The van der Waals surface area contributed by atoms with E-state index in [-0.39, 0.29) is 12.5 Å². The summed E-state index contributed by atoms with van der Waals surface area (Å²) in [6, 6.07) is 0. The van der Waals surface area contributed by atoms with Crippen molar-refractivity contribution in [3.05, 3.63) is 0 Å². The Morgan fingerprint density at radius 2 is 2.00 bits per heavy atom.